The number of nitrogens with one attached hydrogen (secondary N) is 1. The molecule has 0 amide bonds. The van der Waals surface area contributed by atoms with E-state index in [1.165, 1.54) is 19.3 Å². The number of nitrogens with two attached hydrogens (primary N) is 1. The molecule has 3 N–H and O–H groups in total. The molecule has 0 aliphatic heterocycles. The molecular formula is C13H25N3. The highest BCUT2D eigenvalue weighted by atomic mass is 15.1. The Morgan fingerprint density at radius 2 is 2.25 bits per heavy atom. The molecule has 1 saturated carbocycles. The van der Waals surface area contributed by atoms with Crippen LogP contribution in [0.5, 0.6) is 0 Å². The minimum Gasteiger partial charge on any atom is -0.370 e. The molecule has 0 aromatic heterocycles. The summed E-state index contributed by atoms with van der Waals surface area (Å²) in [5.41, 5.74) is 5.75. The normalized spacial score (nSPS) is 31.1. The van der Waals surface area contributed by atoms with Gasteiger partial charge in [-0.3, -0.25) is 4.99 Å². The molecule has 16 heavy (non-hydrogen) atoms. The van der Waals surface area contributed by atoms with E-state index in [9.17, 15) is 0 Å². The summed E-state index contributed by atoms with van der Waals surface area (Å²) in [7, 11) is 0. The predicted molar refractivity (Wildman–Crippen MR) is 70.4 cm³/mol. The Balaban J connectivity index is 2.38. The molecule has 0 aromatic rings. The van der Waals surface area contributed by atoms with Gasteiger partial charge in [0.15, 0.2) is 5.96 Å². The fraction of sp³-hybridized carbons (Fsp3) is 0.769. The first-order valence-corrected chi connectivity index (χ1v) is 6.29. The highest BCUT2D eigenvalue weighted by Gasteiger charge is 2.26. The van der Waals surface area contributed by atoms with Crippen molar-refractivity contribution in [3.63, 3.8) is 0 Å². The maximum Gasteiger partial charge on any atom is 0.188 e. The number of aliphatic imine (C=N–C) groups is 1. The Hall–Kier alpha value is -0.990. The van der Waals surface area contributed by atoms with Gasteiger partial charge < -0.3 is 11.1 Å². The molecule has 3 heteroatoms. The number of nitrogens with zero attached hydrogens (tertiary/aromatic N) is 1. The zero-order valence-electron chi connectivity index (χ0n) is 10.6. The fourth-order valence-corrected chi connectivity index (χ4v) is 2.40. The fourth-order valence-electron chi connectivity index (χ4n) is 2.40. The molecule has 0 radical (unpaired) electrons. The molecule has 92 valence electrons. The summed E-state index contributed by atoms with van der Waals surface area (Å²) in [4.78, 5) is 4.41. The lowest BCUT2D eigenvalue weighted by Gasteiger charge is -2.33. The number of guanidine groups is 1. The largest absolute Gasteiger partial charge is 0.370 e. The van der Waals surface area contributed by atoms with Gasteiger partial charge in [0.2, 0.25) is 0 Å². The van der Waals surface area contributed by atoms with Crippen LogP contribution in [-0.4, -0.2) is 19.0 Å². The van der Waals surface area contributed by atoms with Crippen molar-refractivity contribution >= 4 is 5.96 Å². The summed E-state index contributed by atoms with van der Waals surface area (Å²) < 4.78 is 0. The van der Waals surface area contributed by atoms with Crippen molar-refractivity contribution in [3.8, 4) is 0 Å². The van der Waals surface area contributed by atoms with Crippen LogP contribution in [0.4, 0.5) is 0 Å². The smallest absolute Gasteiger partial charge is 0.188 e. The first-order valence-electron chi connectivity index (χ1n) is 6.29. The Kier molecular flexibility index (Phi) is 5.36. The van der Waals surface area contributed by atoms with Crippen LogP contribution < -0.4 is 11.1 Å². The van der Waals surface area contributed by atoms with Crippen LogP contribution in [0.1, 0.15) is 33.1 Å². The third-order valence-corrected chi connectivity index (χ3v) is 3.80. The molecule has 0 aromatic carbocycles. The lowest BCUT2D eigenvalue weighted by molar-refractivity contribution is 0.188. The Morgan fingerprint density at radius 1 is 1.50 bits per heavy atom. The summed E-state index contributed by atoms with van der Waals surface area (Å²) in [5, 5.41) is 3.01. The van der Waals surface area contributed by atoms with Crippen LogP contribution in [0.2, 0.25) is 0 Å². The van der Waals surface area contributed by atoms with E-state index in [4.69, 9.17) is 5.73 Å². The first-order chi connectivity index (χ1) is 7.65. The van der Waals surface area contributed by atoms with E-state index in [1.54, 1.807) is 6.08 Å². The molecule has 1 aliphatic rings. The van der Waals surface area contributed by atoms with Crippen molar-refractivity contribution < 1.29 is 0 Å². The number of hydrogen-bond donors (Lipinski definition) is 2. The average molecular weight is 223 g/mol. The van der Waals surface area contributed by atoms with Crippen LogP contribution in [0, 0.1) is 17.8 Å². The van der Waals surface area contributed by atoms with Gasteiger partial charge in [0, 0.05) is 13.1 Å². The lowest BCUT2D eigenvalue weighted by Crippen LogP contribution is -2.33. The molecule has 1 aliphatic carbocycles. The van der Waals surface area contributed by atoms with E-state index in [2.05, 4.69) is 30.7 Å². The minimum absolute atomic E-state index is 0.547. The van der Waals surface area contributed by atoms with Crippen molar-refractivity contribution in [1.29, 1.82) is 0 Å². The Morgan fingerprint density at radius 3 is 2.94 bits per heavy atom. The van der Waals surface area contributed by atoms with Crippen molar-refractivity contribution in [2.24, 2.45) is 28.5 Å². The molecule has 0 bridgehead atoms. The van der Waals surface area contributed by atoms with Gasteiger partial charge in [-0.2, -0.15) is 0 Å². The van der Waals surface area contributed by atoms with Gasteiger partial charge in [-0.25, -0.2) is 0 Å². The van der Waals surface area contributed by atoms with Gasteiger partial charge in [0.25, 0.3) is 0 Å². The zero-order valence-corrected chi connectivity index (χ0v) is 10.6. The topological polar surface area (TPSA) is 50.4 Å². The van der Waals surface area contributed by atoms with Crippen molar-refractivity contribution in [2.75, 3.05) is 13.1 Å². The quantitative estimate of drug-likeness (QED) is 0.436. The third kappa shape index (κ3) is 3.87. The van der Waals surface area contributed by atoms with E-state index in [1.807, 2.05) is 0 Å². The summed E-state index contributed by atoms with van der Waals surface area (Å²) >= 11 is 0. The molecule has 3 nitrogen and oxygen atoms in total. The van der Waals surface area contributed by atoms with Gasteiger partial charge in [-0.15, -0.1) is 6.58 Å². The predicted octanol–water partition coefficient (Wildman–Crippen LogP) is 2.15. The minimum atomic E-state index is 0.547. The second-order valence-corrected chi connectivity index (χ2v) is 4.92. The van der Waals surface area contributed by atoms with Crippen LogP contribution in [-0.2, 0) is 0 Å². The summed E-state index contributed by atoms with van der Waals surface area (Å²) in [6.45, 7) is 9.87. The van der Waals surface area contributed by atoms with Crippen molar-refractivity contribution in [2.45, 2.75) is 33.1 Å². The monoisotopic (exact) mass is 223 g/mol. The summed E-state index contributed by atoms with van der Waals surface area (Å²) in [6, 6.07) is 0. The van der Waals surface area contributed by atoms with E-state index in [-0.39, 0.29) is 0 Å². The first kappa shape index (κ1) is 13.1. The maximum absolute atomic E-state index is 5.75. The van der Waals surface area contributed by atoms with Crippen molar-refractivity contribution in [3.05, 3.63) is 12.7 Å². The van der Waals surface area contributed by atoms with E-state index in [0.717, 1.165) is 18.4 Å². The molecule has 1 fully saturated rings. The van der Waals surface area contributed by atoms with Gasteiger partial charge in [-0.05, 0) is 24.2 Å². The highest BCUT2D eigenvalue weighted by molar-refractivity contribution is 5.77. The van der Waals surface area contributed by atoms with Crippen molar-refractivity contribution in [1.82, 2.24) is 5.32 Å². The summed E-state index contributed by atoms with van der Waals surface area (Å²) in [5.74, 6) is 2.85. The molecular weight excluding hydrogens is 198 g/mol. The molecule has 1 rings (SSSR count). The average Bonchev–Trinajstić information content (AvgIpc) is 2.28. The molecule has 0 heterocycles. The van der Waals surface area contributed by atoms with Gasteiger partial charge in [0.05, 0.1) is 0 Å². The van der Waals surface area contributed by atoms with Gasteiger partial charge in [-0.1, -0.05) is 32.8 Å². The molecule has 0 spiro atoms. The van der Waals surface area contributed by atoms with E-state index >= 15 is 0 Å². The van der Waals surface area contributed by atoms with Crippen LogP contribution in [0.3, 0.4) is 0 Å². The molecule has 3 unspecified atom stereocenters. The van der Waals surface area contributed by atoms with Gasteiger partial charge >= 0.3 is 0 Å². The zero-order chi connectivity index (χ0) is 12.0. The second kappa shape index (κ2) is 6.56. The Bertz CT molecular complexity index is 248. The van der Waals surface area contributed by atoms with E-state index < -0.39 is 0 Å². The molecule has 3 atom stereocenters. The molecule has 0 saturated heterocycles. The third-order valence-electron chi connectivity index (χ3n) is 3.80. The highest BCUT2D eigenvalue weighted by Crippen LogP contribution is 2.34. The van der Waals surface area contributed by atoms with Crippen LogP contribution >= 0.6 is 0 Å². The van der Waals surface area contributed by atoms with Crippen LogP contribution in [0.25, 0.3) is 0 Å². The standard InChI is InChI=1S/C13H25N3/c1-4-8-15-13(14)16-9-12-7-5-6-10(2)11(12)3/h4,10-12H,1,5-9H2,2-3H3,(H3,14,15,16). The lowest BCUT2D eigenvalue weighted by atomic mass is 9.74. The second-order valence-electron chi connectivity index (χ2n) is 4.92. The maximum atomic E-state index is 5.75. The number of hydrogen-bond acceptors (Lipinski definition) is 1. The van der Waals surface area contributed by atoms with Gasteiger partial charge in [0.1, 0.15) is 0 Å². The number of rotatable bonds is 4. The SMILES string of the molecule is C=CCNC(N)=NCC1CCCC(C)C1C. The van der Waals surface area contributed by atoms with E-state index in [0.29, 0.717) is 18.4 Å². The summed E-state index contributed by atoms with van der Waals surface area (Å²) in [6.07, 6.45) is 5.79. The Labute approximate surface area is 99.2 Å². The van der Waals surface area contributed by atoms with Crippen LogP contribution in [0.15, 0.2) is 17.6 Å².